The third-order valence-corrected chi connectivity index (χ3v) is 12.4. The van der Waals surface area contributed by atoms with Gasteiger partial charge in [-0.2, -0.15) is 0 Å². The molecule has 2 aliphatic heterocycles. The number of allylic oxidation sites excluding steroid dienone is 3. The minimum Gasteiger partial charge on any atom is -0.311 e. The number of hydrogen-bond donors (Lipinski definition) is 0. The van der Waals surface area contributed by atoms with Crippen LogP contribution in [0.1, 0.15) is 25.0 Å². The van der Waals surface area contributed by atoms with Gasteiger partial charge in [0, 0.05) is 56.5 Å². The highest BCUT2D eigenvalue weighted by atomic mass is 15.2. The number of fused-ring (bicyclic) bond motifs is 3. The quantitative estimate of drug-likeness (QED) is 0.150. The first-order chi connectivity index (χ1) is 29.1. The Hall–Kier alpha value is -7.30. The van der Waals surface area contributed by atoms with E-state index >= 15 is 0 Å². The molecule has 0 spiro atoms. The number of rotatable bonds is 7. The zero-order chi connectivity index (χ0) is 39.5. The summed E-state index contributed by atoms with van der Waals surface area (Å²) in [5.41, 5.74) is 19.2. The van der Waals surface area contributed by atoms with Crippen molar-refractivity contribution in [3.05, 3.63) is 241 Å². The van der Waals surface area contributed by atoms with Gasteiger partial charge in [-0.05, 0) is 94.4 Å². The molecule has 3 nitrogen and oxygen atoms in total. The van der Waals surface area contributed by atoms with E-state index in [1.165, 1.54) is 61.4 Å². The second kappa shape index (κ2) is 14.0. The fourth-order valence-corrected chi connectivity index (χ4v) is 10.1. The molecule has 280 valence electrons. The highest BCUT2D eigenvalue weighted by Crippen LogP contribution is 2.61. The van der Waals surface area contributed by atoms with Crippen molar-refractivity contribution in [2.24, 2.45) is 5.41 Å². The molecule has 0 saturated heterocycles. The molecule has 0 radical (unpaired) electrons. The van der Waals surface area contributed by atoms with Gasteiger partial charge in [0.25, 0.3) is 0 Å². The van der Waals surface area contributed by atoms with Crippen LogP contribution in [0.15, 0.2) is 230 Å². The Morgan fingerprint density at radius 2 is 0.864 bits per heavy atom. The van der Waals surface area contributed by atoms with E-state index in [9.17, 15) is 0 Å². The Bertz CT molecular complexity index is 2850. The van der Waals surface area contributed by atoms with Gasteiger partial charge < -0.3 is 14.7 Å². The second-order valence-electron chi connectivity index (χ2n) is 16.1. The molecule has 0 bridgehead atoms. The Morgan fingerprint density at radius 1 is 0.424 bits per heavy atom. The van der Waals surface area contributed by atoms with E-state index in [1.54, 1.807) is 0 Å². The molecule has 4 heteroatoms. The fraction of sp³-hybridized carbons (Fsp3) is 0.0545. The molecule has 0 saturated carbocycles. The summed E-state index contributed by atoms with van der Waals surface area (Å²) in [6.07, 6.45) is 0. The van der Waals surface area contributed by atoms with Gasteiger partial charge in [-0.3, -0.25) is 0 Å². The lowest BCUT2D eigenvalue weighted by Crippen LogP contribution is -2.57. The minimum atomic E-state index is -0.352. The van der Waals surface area contributed by atoms with E-state index < -0.39 is 0 Å². The average Bonchev–Trinajstić information content (AvgIpc) is 3.54. The van der Waals surface area contributed by atoms with Gasteiger partial charge in [0.2, 0.25) is 6.71 Å². The molecule has 8 aromatic carbocycles. The molecule has 3 aliphatic rings. The lowest BCUT2D eigenvalue weighted by molar-refractivity contribution is 0.637. The summed E-state index contributed by atoms with van der Waals surface area (Å²) < 4.78 is 0. The highest BCUT2D eigenvalue weighted by molar-refractivity contribution is 6.96. The van der Waals surface area contributed by atoms with Gasteiger partial charge >= 0.3 is 0 Å². The molecular weight excluding hydrogens is 713 g/mol. The Labute approximate surface area is 347 Å². The number of para-hydroxylation sites is 5. The lowest BCUT2D eigenvalue weighted by atomic mass is 9.30. The average molecular weight is 756 g/mol. The van der Waals surface area contributed by atoms with Crippen molar-refractivity contribution >= 4 is 74.3 Å². The number of benzene rings is 8. The Morgan fingerprint density at radius 3 is 1.42 bits per heavy atom. The van der Waals surface area contributed by atoms with Crippen LogP contribution in [0.4, 0.5) is 45.5 Å². The molecule has 0 aromatic heterocycles. The van der Waals surface area contributed by atoms with Gasteiger partial charge in [0.1, 0.15) is 0 Å². The minimum absolute atomic E-state index is 0.0167. The summed E-state index contributed by atoms with van der Waals surface area (Å²) >= 11 is 0. The van der Waals surface area contributed by atoms with E-state index in [2.05, 4.69) is 247 Å². The first-order valence-electron chi connectivity index (χ1n) is 20.6. The van der Waals surface area contributed by atoms with Gasteiger partial charge in [-0.25, -0.2) is 0 Å². The summed E-state index contributed by atoms with van der Waals surface area (Å²) in [7, 11) is 0. The Balaban J connectivity index is 1.31. The van der Waals surface area contributed by atoms with Gasteiger partial charge in [0.15, 0.2) is 0 Å². The molecule has 0 unspecified atom stereocenters. The zero-order valence-electron chi connectivity index (χ0n) is 33.2. The van der Waals surface area contributed by atoms with Crippen LogP contribution in [0.3, 0.4) is 0 Å². The normalized spacial score (nSPS) is 14.8. The van der Waals surface area contributed by atoms with Crippen LogP contribution < -0.4 is 25.6 Å². The van der Waals surface area contributed by atoms with Crippen molar-refractivity contribution in [2.45, 2.75) is 13.8 Å². The molecule has 8 aromatic rings. The maximum atomic E-state index is 2.60. The van der Waals surface area contributed by atoms with Gasteiger partial charge in [-0.15, -0.1) is 0 Å². The molecule has 0 atom stereocenters. The first kappa shape index (κ1) is 34.9. The van der Waals surface area contributed by atoms with Crippen molar-refractivity contribution in [3.8, 4) is 0 Å². The zero-order valence-corrected chi connectivity index (χ0v) is 33.2. The fourth-order valence-electron chi connectivity index (χ4n) is 10.1. The number of nitrogens with zero attached hydrogens (tertiary/aromatic N) is 3. The summed E-state index contributed by atoms with van der Waals surface area (Å²) in [6, 6.07) is 79.7. The van der Waals surface area contributed by atoms with Crippen molar-refractivity contribution < 1.29 is 0 Å². The van der Waals surface area contributed by atoms with Gasteiger partial charge in [-0.1, -0.05) is 171 Å². The molecule has 0 fully saturated rings. The van der Waals surface area contributed by atoms with E-state index in [-0.39, 0.29) is 12.1 Å². The van der Waals surface area contributed by atoms with Crippen LogP contribution in [0.2, 0.25) is 0 Å². The van der Waals surface area contributed by atoms with E-state index in [0.29, 0.717) is 0 Å². The smallest absolute Gasteiger partial charge is 0.248 e. The van der Waals surface area contributed by atoms with Crippen LogP contribution in [0, 0.1) is 5.41 Å². The lowest BCUT2D eigenvalue weighted by Gasteiger charge is -2.47. The molecule has 0 amide bonds. The maximum Gasteiger partial charge on any atom is 0.248 e. The molecular formula is C55H42BN3. The maximum absolute atomic E-state index is 2.60. The number of anilines is 8. The largest absolute Gasteiger partial charge is 0.311 e. The SMILES string of the molecule is CC1(C)C2=C(C(c3ccccc3)=C1c1ccccc1)N(c1ccccc1)c1cc(N(c3ccccc3)c3ccccc3)cc3c1B2c1ccccc1N3c1ccccc1. The summed E-state index contributed by atoms with van der Waals surface area (Å²) in [5, 5.41) is 0. The molecule has 1 aliphatic carbocycles. The topological polar surface area (TPSA) is 9.72 Å². The highest BCUT2D eigenvalue weighted by Gasteiger charge is 2.54. The van der Waals surface area contributed by atoms with Crippen molar-refractivity contribution in [3.63, 3.8) is 0 Å². The van der Waals surface area contributed by atoms with Crippen LogP contribution in [0.5, 0.6) is 0 Å². The van der Waals surface area contributed by atoms with Gasteiger partial charge in [0.05, 0.1) is 5.69 Å². The van der Waals surface area contributed by atoms with Crippen molar-refractivity contribution in [1.29, 1.82) is 0 Å². The Kier molecular flexibility index (Phi) is 8.27. The predicted molar refractivity (Wildman–Crippen MR) is 250 cm³/mol. The molecule has 0 N–H and O–H groups in total. The summed E-state index contributed by atoms with van der Waals surface area (Å²) in [4.78, 5) is 7.51. The van der Waals surface area contributed by atoms with E-state index in [1.807, 2.05) is 0 Å². The monoisotopic (exact) mass is 755 g/mol. The molecule has 11 rings (SSSR count). The second-order valence-corrected chi connectivity index (χ2v) is 16.1. The third kappa shape index (κ3) is 5.51. The number of hydrogen-bond acceptors (Lipinski definition) is 3. The molecule has 59 heavy (non-hydrogen) atoms. The van der Waals surface area contributed by atoms with Crippen LogP contribution in [0.25, 0.3) is 11.1 Å². The predicted octanol–water partition coefficient (Wildman–Crippen LogP) is 13.1. The van der Waals surface area contributed by atoms with Crippen molar-refractivity contribution in [1.82, 2.24) is 0 Å². The third-order valence-electron chi connectivity index (χ3n) is 12.4. The van der Waals surface area contributed by atoms with E-state index in [4.69, 9.17) is 0 Å². The summed E-state index contributed by atoms with van der Waals surface area (Å²) in [6.45, 7) is 4.90. The molecule has 2 heterocycles. The van der Waals surface area contributed by atoms with Crippen LogP contribution in [-0.2, 0) is 0 Å². The summed E-state index contributed by atoms with van der Waals surface area (Å²) in [5.74, 6) is 0. The standard InChI is InChI=1S/C55H42BN3/c1-55(2)51(40-25-11-4-12-26-40)50(39-23-9-3-10-24-39)53-54(55)56-46-35-21-22-36-47(46)58(43-31-17-7-18-32-43)48-37-45(38-49(52(48)56)59(53)44-33-19-8-20-34-44)57(41-27-13-5-14-28-41)42-29-15-6-16-30-42/h3-38H,1-2H3. The van der Waals surface area contributed by atoms with Crippen LogP contribution in [-0.4, -0.2) is 6.71 Å². The van der Waals surface area contributed by atoms with Crippen molar-refractivity contribution in [2.75, 3.05) is 14.7 Å². The first-order valence-corrected chi connectivity index (χ1v) is 20.6. The van der Waals surface area contributed by atoms with Crippen LogP contribution >= 0.6 is 0 Å². The van der Waals surface area contributed by atoms with E-state index in [0.717, 1.165) is 28.4 Å².